The summed E-state index contributed by atoms with van der Waals surface area (Å²) in [4.78, 5) is 1.98. The first-order valence-electron chi connectivity index (χ1n) is 4.85. The monoisotopic (exact) mass is 238 g/mol. The Morgan fingerprint density at radius 3 is 2.27 bits per heavy atom. The largest absolute Gasteiger partial charge is 0.384 e. The summed E-state index contributed by atoms with van der Waals surface area (Å²) in [6.07, 6.45) is 0. The average molecular weight is 238 g/mol. The van der Waals surface area contributed by atoms with E-state index in [1.165, 1.54) is 7.11 Å². The van der Waals surface area contributed by atoms with Crippen LogP contribution >= 0.6 is 0 Å². The highest BCUT2D eigenvalue weighted by atomic mass is 32.2. The molecule has 0 unspecified atom stereocenters. The molecular weight excluding hydrogens is 216 g/mol. The van der Waals surface area contributed by atoms with Crippen molar-refractivity contribution >= 4 is 10.0 Å². The summed E-state index contributed by atoms with van der Waals surface area (Å²) in [7, 11) is 2.11. The van der Waals surface area contributed by atoms with Gasteiger partial charge in [-0.1, -0.05) is 0 Å². The van der Waals surface area contributed by atoms with Gasteiger partial charge in [-0.3, -0.25) is 0 Å². The lowest BCUT2D eigenvalue weighted by atomic mass is 10.1. The average Bonchev–Trinajstić information content (AvgIpc) is 2.12. The Labute approximate surface area is 92.8 Å². The highest BCUT2D eigenvalue weighted by Gasteiger charge is 2.22. The molecule has 0 bridgehead atoms. The van der Waals surface area contributed by atoms with E-state index < -0.39 is 10.0 Å². The Bertz CT molecular complexity index is 273. The van der Waals surface area contributed by atoms with Crippen LogP contribution in [0.4, 0.5) is 0 Å². The summed E-state index contributed by atoms with van der Waals surface area (Å²) in [5.74, 6) is 0.00695. The molecule has 1 N–H and O–H groups in total. The zero-order valence-electron chi connectivity index (χ0n) is 10.2. The van der Waals surface area contributed by atoms with Crippen molar-refractivity contribution in [1.29, 1.82) is 0 Å². The second-order valence-corrected chi connectivity index (χ2v) is 6.27. The fourth-order valence-corrected chi connectivity index (χ4v) is 1.81. The molecule has 0 atom stereocenters. The van der Waals surface area contributed by atoms with Crippen molar-refractivity contribution in [2.24, 2.45) is 0 Å². The van der Waals surface area contributed by atoms with Gasteiger partial charge in [0.05, 0.1) is 12.4 Å². The van der Waals surface area contributed by atoms with Crippen LogP contribution in [0, 0.1) is 0 Å². The van der Waals surface area contributed by atoms with Gasteiger partial charge in [-0.15, -0.1) is 0 Å². The van der Waals surface area contributed by atoms with Crippen molar-refractivity contribution in [3.05, 3.63) is 0 Å². The molecule has 0 rings (SSSR count). The molecule has 0 heterocycles. The molecule has 6 heteroatoms. The van der Waals surface area contributed by atoms with Crippen LogP contribution in [0.25, 0.3) is 0 Å². The number of hydrogen-bond donors (Lipinski definition) is 1. The molecule has 0 aromatic rings. The van der Waals surface area contributed by atoms with Gasteiger partial charge in [0.15, 0.2) is 0 Å². The molecular formula is C9H22N2O3S. The van der Waals surface area contributed by atoms with Crippen LogP contribution in [0.2, 0.25) is 0 Å². The summed E-state index contributed by atoms with van der Waals surface area (Å²) in [5.41, 5.74) is -0.194. The first-order chi connectivity index (χ1) is 6.71. The fraction of sp³-hybridized carbons (Fsp3) is 1.00. The van der Waals surface area contributed by atoms with Crippen molar-refractivity contribution in [3.8, 4) is 0 Å². The topological polar surface area (TPSA) is 58.6 Å². The molecule has 0 saturated carbocycles. The number of likely N-dealkylation sites (N-methyl/N-ethyl adjacent to an activating group) is 1. The van der Waals surface area contributed by atoms with Gasteiger partial charge in [-0.25, -0.2) is 13.1 Å². The number of nitrogens with one attached hydrogen (secondary N) is 1. The maximum atomic E-state index is 11.4. The van der Waals surface area contributed by atoms with Crippen molar-refractivity contribution < 1.29 is 13.2 Å². The predicted molar refractivity (Wildman–Crippen MR) is 61.4 cm³/mol. The van der Waals surface area contributed by atoms with Crippen LogP contribution in [0.1, 0.15) is 13.8 Å². The number of hydrogen-bond acceptors (Lipinski definition) is 4. The lowest BCUT2D eigenvalue weighted by Crippen LogP contribution is -2.48. The first kappa shape index (κ1) is 14.8. The maximum Gasteiger partial charge on any atom is 0.213 e. The standard InChI is InChI=1S/C9H22N2O3S/c1-9(2,11(3)4)8-10-15(12,13)7-6-14-5/h10H,6-8H2,1-5H3. The second kappa shape index (κ2) is 5.79. The van der Waals surface area contributed by atoms with Gasteiger partial charge in [-0.2, -0.15) is 0 Å². The summed E-state index contributed by atoms with van der Waals surface area (Å²) in [6, 6.07) is 0. The van der Waals surface area contributed by atoms with E-state index in [9.17, 15) is 8.42 Å². The third kappa shape index (κ3) is 6.09. The van der Waals surface area contributed by atoms with Crippen LogP contribution < -0.4 is 4.72 Å². The lowest BCUT2D eigenvalue weighted by Gasteiger charge is -2.32. The lowest BCUT2D eigenvalue weighted by molar-refractivity contribution is 0.197. The highest BCUT2D eigenvalue weighted by Crippen LogP contribution is 2.08. The number of rotatable bonds is 7. The minimum atomic E-state index is -3.21. The van der Waals surface area contributed by atoms with Crippen molar-refractivity contribution in [2.45, 2.75) is 19.4 Å². The molecule has 0 fully saturated rings. The van der Waals surface area contributed by atoms with E-state index in [0.717, 1.165) is 0 Å². The van der Waals surface area contributed by atoms with Crippen molar-refractivity contribution in [3.63, 3.8) is 0 Å². The van der Waals surface area contributed by atoms with E-state index in [0.29, 0.717) is 6.54 Å². The van der Waals surface area contributed by atoms with Crippen LogP contribution in [0.15, 0.2) is 0 Å². The van der Waals surface area contributed by atoms with E-state index in [1.54, 1.807) is 0 Å². The normalized spacial score (nSPS) is 13.5. The van der Waals surface area contributed by atoms with E-state index in [1.807, 2.05) is 32.8 Å². The van der Waals surface area contributed by atoms with Gasteiger partial charge < -0.3 is 9.64 Å². The second-order valence-electron chi connectivity index (χ2n) is 4.34. The molecule has 0 aliphatic rings. The molecule has 0 spiro atoms. The number of nitrogens with zero attached hydrogens (tertiary/aromatic N) is 1. The highest BCUT2D eigenvalue weighted by molar-refractivity contribution is 7.89. The Balaban J connectivity index is 4.15. The summed E-state index contributed by atoms with van der Waals surface area (Å²) in [5, 5.41) is 0. The molecule has 5 nitrogen and oxygen atoms in total. The predicted octanol–water partition coefficient (Wildman–Crippen LogP) is -0.108. The van der Waals surface area contributed by atoms with Crippen LogP contribution in [0.5, 0.6) is 0 Å². The van der Waals surface area contributed by atoms with E-state index in [-0.39, 0.29) is 17.9 Å². The Morgan fingerprint density at radius 1 is 1.33 bits per heavy atom. The molecule has 0 amide bonds. The Kier molecular flexibility index (Phi) is 5.72. The van der Waals surface area contributed by atoms with Gasteiger partial charge in [0.1, 0.15) is 0 Å². The fourth-order valence-electron chi connectivity index (χ4n) is 0.710. The molecule has 92 valence electrons. The van der Waals surface area contributed by atoms with Gasteiger partial charge in [0.2, 0.25) is 10.0 Å². The molecule has 0 aromatic heterocycles. The molecule has 15 heavy (non-hydrogen) atoms. The Hall–Kier alpha value is -0.170. The zero-order valence-corrected chi connectivity index (χ0v) is 11.0. The minimum Gasteiger partial charge on any atom is -0.384 e. The summed E-state index contributed by atoms with van der Waals surface area (Å²) >= 11 is 0. The van der Waals surface area contributed by atoms with E-state index in [4.69, 9.17) is 4.74 Å². The third-order valence-electron chi connectivity index (χ3n) is 2.49. The molecule has 0 saturated heterocycles. The Morgan fingerprint density at radius 2 is 1.87 bits per heavy atom. The van der Waals surface area contributed by atoms with Crippen molar-refractivity contribution in [1.82, 2.24) is 9.62 Å². The zero-order chi connectivity index (χ0) is 12.1. The van der Waals surface area contributed by atoms with Gasteiger partial charge in [0, 0.05) is 19.2 Å². The number of ether oxygens (including phenoxy) is 1. The first-order valence-corrected chi connectivity index (χ1v) is 6.50. The number of methoxy groups -OCH3 is 1. The van der Waals surface area contributed by atoms with E-state index >= 15 is 0 Å². The summed E-state index contributed by atoms with van der Waals surface area (Å²) in [6.45, 7) is 4.57. The minimum absolute atomic E-state index is 0.00695. The van der Waals surface area contributed by atoms with E-state index in [2.05, 4.69) is 4.72 Å². The SMILES string of the molecule is COCCS(=O)(=O)NCC(C)(C)N(C)C. The molecule has 0 aromatic carbocycles. The molecule has 0 radical (unpaired) electrons. The van der Waals surface area contributed by atoms with Crippen LogP contribution in [-0.2, 0) is 14.8 Å². The molecule has 0 aliphatic carbocycles. The third-order valence-corrected chi connectivity index (χ3v) is 3.78. The quantitative estimate of drug-likeness (QED) is 0.672. The number of sulfonamides is 1. The molecule has 0 aliphatic heterocycles. The van der Waals surface area contributed by atoms with Gasteiger partial charge in [0.25, 0.3) is 0 Å². The van der Waals surface area contributed by atoms with Crippen molar-refractivity contribution in [2.75, 3.05) is 40.1 Å². The van der Waals surface area contributed by atoms with Gasteiger partial charge in [-0.05, 0) is 27.9 Å². The summed E-state index contributed by atoms with van der Waals surface area (Å²) < 4.78 is 30.2. The van der Waals surface area contributed by atoms with Crippen LogP contribution in [0.3, 0.4) is 0 Å². The van der Waals surface area contributed by atoms with Gasteiger partial charge >= 0.3 is 0 Å². The van der Waals surface area contributed by atoms with Crippen LogP contribution in [-0.4, -0.2) is 59.0 Å². The smallest absolute Gasteiger partial charge is 0.213 e. The maximum absolute atomic E-state index is 11.4.